The molecule has 0 saturated carbocycles. The molecule has 1 aromatic carbocycles. The Morgan fingerprint density at radius 1 is 1.27 bits per heavy atom. The van der Waals surface area contributed by atoms with E-state index in [1.807, 2.05) is 35.6 Å². The van der Waals surface area contributed by atoms with Gasteiger partial charge in [0.25, 0.3) is 0 Å². The fourth-order valence-electron chi connectivity index (χ4n) is 2.37. The number of halogens is 3. The van der Waals surface area contributed by atoms with Gasteiger partial charge in [-0.05, 0) is 31.9 Å². The second-order valence-corrected chi connectivity index (χ2v) is 6.13. The highest BCUT2D eigenvalue weighted by Gasteiger charge is 2.41. The number of alkyl halides is 3. The zero-order valence-corrected chi connectivity index (χ0v) is 14.1. The van der Waals surface area contributed by atoms with Gasteiger partial charge in [0.05, 0.1) is 5.54 Å². The lowest BCUT2D eigenvalue weighted by molar-refractivity contribution is -0.174. The summed E-state index contributed by atoms with van der Waals surface area (Å²) in [5.74, 6) is -2.22. The first-order chi connectivity index (χ1) is 12.1. The van der Waals surface area contributed by atoms with Crippen molar-refractivity contribution in [1.29, 1.82) is 0 Å². The molecule has 7 nitrogen and oxygen atoms in total. The van der Waals surface area contributed by atoms with Gasteiger partial charge in [0.1, 0.15) is 6.04 Å². The van der Waals surface area contributed by atoms with Crippen LogP contribution >= 0.6 is 0 Å². The fourth-order valence-corrected chi connectivity index (χ4v) is 2.37. The summed E-state index contributed by atoms with van der Waals surface area (Å²) in [5, 5.41) is 9.39. The molecule has 0 fully saturated rings. The molecule has 1 aromatic heterocycles. The van der Waals surface area contributed by atoms with Crippen LogP contribution in [0.5, 0.6) is 0 Å². The standard InChI is InChI=1S/C16H20F3N5O2/c1-15(21,9-10-5-3-2-4-6-10)14-24-23-12(26-14)11(7-8-20)22-13(25)16(17,18)19/h2-6,11H,7-9,20-21H2,1H3,(H,22,25)/t11?,15-/m1/s1. The van der Waals surface area contributed by atoms with Crippen LogP contribution in [0.2, 0.25) is 0 Å². The molecule has 0 aliphatic heterocycles. The van der Waals surface area contributed by atoms with Crippen molar-refractivity contribution in [3.63, 3.8) is 0 Å². The molecular formula is C16H20F3N5O2. The van der Waals surface area contributed by atoms with Crippen LogP contribution < -0.4 is 16.8 Å². The van der Waals surface area contributed by atoms with Crippen molar-refractivity contribution in [1.82, 2.24) is 15.5 Å². The van der Waals surface area contributed by atoms with Crippen LogP contribution in [0.1, 0.15) is 36.7 Å². The number of hydrogen-bond acceptors (Lipinski definition) is 6. The lowest BCUT2D eigenvalue weighted by Crippen LogP contribution is -2.40. The van der Waals surface area contributed by atoms with Gasteiger partial charge in [-0.25, -0.2) is 0 Å². The molecule has 1 amide bonds. The number of hydrogen-bond donors (Lipinski definition) is 3. The van der Waals surface area contributed by atoms with Gasteiger partial charge in [0.2, 0.25) is 11.8 Å². The Labute approximate surface area is 147 Å². The number of benzene rings is 1. The third kappa shape index (κ3) is 5.02. The SMILES string of the molecule is C[C@@](N)(Cc1ccccc1)c1nnc(C(CCN)NC(=O)C(F)(F)F)o1. The number of rotatable bonds is 7. The van der Waals surface area contributed by atoms with Crippen LogP contribution in [0.15, 0.2) is 34.7 Å². The second-order valence-electron chi connectivity index (χ2n) is 6.13. The Hall–Kier alpha value is -2.46. The van der Waals surface area contributed by atoms with E-state index in [1.54, 1.807) is 6.92 Å². The van der Waals surface area contributed by atoms with Crippen LogP contribution in [-0.4, -0.2) is 28.8 Å². The predicted octanol–water partition coefficient (Wildman–Crippen LogP) is 1.55. The monoisotopic (exact) mass is 371 g/mol. The fraction of sp³-hybridized carbons (Fsp3) is 0.438. The molecule has 142 valence electrons. The Kier molecular flexibility index (Phi) is 5.98. The summed E-state index contributed by atoms with van der Waals surface area (Å²) in [4.78, 5) is 11.2. The second kappa shape index (κ2) is 7.83. The number of nitrogens with zero attached hydrogens (tertiary/aromatic N) is 2. The van der Waals surface area contributed by atoms with Crippen LogP contribution in [-0.2, 0) is 16.8 Å². The number of nitrogens with two attached hydrogens (primary N) is 2. The van der Waals surface area contributed by atoms with E-state index in [4.69, 9.17) is 15.9 Å². The van der Waals surface area contributed by atoms with Crippen LogP contribution in [0.25, 0.3) is 0 Å². The van der Waals surface area contributed by atoms with E-state index in [0.29, 0.717) is 6.42 Å². The zero-order valence-electron chi connectivity index (χ0n) is 14.1. The topological polar surface area (TPSA) is 120 Å². The minimum Gasteiger partial charge on any atom is -0.421 e. The summed E-state index contributed by atoms with van der Waals surface area (Å²) in [5.41, 5.74) is 11.5. The molecule has 0 aliphatic carbocycles. The highest BCUT2D eigenvalue weighted by molar-refractivity contribution is 5.81. The molecule has 0 aliphatic rings. The van der Waals surface area contributed by atoms with Crippen molar-refractivity contribution in [3.05, 3.63) is 47.7 Å². The summed E-state index contributed by atoms with van der Waals surface area (Å²) in [6.07, 6.45) is -4.64. The Morgan fingerprint density at radius 2 is 1.92 bits per heavy atom. The van der Waals surface area contributed by atoms with Gasteiger partial charge in [-0.15, -0.1) is 10.2 Å². The molecule has 2 rings (SSSR count). The lowest BCUT2D eigenvalue weighted by atomic mass is 9.94. The van der Waals surface area contributed by atoms with Crippen molar-refractivity contribution in [3.8, 4) is 0 Å². The summed E-state index contributed by atoms with van der Waals surface area (Å²) >= 11 is 0. The van der Waals surface area contributed by atoms with Crippen molar-refractivity contribution in [2.75, 3.05) is 6.54 Å². The van der Waals surface area contributed by atoms with Crippen molar-refractivity contribution >= 4 is 5.91 Å². The third-order valence-electron chi connectivity index (χ3n) is 3.66. The number of carbonyl (C=O) groups is 1. The van der Waals surface area contributed by atoms with E-state index in [0.717, 1.165) is 5.56 Å². The number of nitrogens with one attached hydrogen (secondary N) is 1. The Morgan fingerprint density at radius 3 is 2.50 bits per heavy atom. The molecule has 2 aromatic rings. The molecule has 10 heteroatoms. The van der Waals surface area contributed by atoms with Crippen LogP contribution in [0, 0.1) is 0 Å². The smallest absolute Gasteiger partial charge is 0.421 e. The van der Waals surface area contributed by atoms with Crippen LogP contribution in [0.3, 0.4) is 0 Å². The molecule has 1 unspecified atom stereocenters. The summed E-state index contributed by atoms with van der Waals surface area (Å²) < 4.78 is 42.9. The molecule has 2 atom stereocenters. The van der Waals surface area contributed by atoms with Crippen molar-refractivity contribution < 1.29 is 22.4 Å². The van der Waals surface area contributed by atoms with Gasteiger partial charge in [0, 0.05) is 0 Å². The molecule has 0 bridgehead atoms. The van der Waals surface area contributed by atoms with Gasteiger partial charge in [0.15, 0.2) is 0 Å². The van der Waals surface area contributed by atoms with E-state index >= 15 is 0 Å². The minimum atomic E-state index is -5.02. The van der Waals surface area contributed by atoms with E-state index in [1.165, 1.54) is 0 Å². The normalized spacial score (nSPS) is 15.3. The maximum Gasteiger partial charge on any atom is 0.471 e. The highest BCUT2D eigenvalue weighted by Crippen LogP contribution is 2.25. The molecule has 0 radical (unpaired) electrons. The first-order valence-corrected chi connectivity index (χ1v) is 7.88. The molecule has 0 spiro atoms. The minimum absolute atomic E-state index is 0.00340. The van der Waals surface area contributed by atoms with Gasteiger partial charge in [-0.3, -0.25) is 4.79 Å². The van der Waals surface area contributed by atoms with Gasteiger partial charge in [-0.2, -0.15) is 13.2 Å². The average molecular weight is 371 g/mol. The van der Waals surface area contributed by atoms with E-state index in [-0.39, 0.29) is 24.7 Å². The number of aromatic nitrogens is 2. The van der Waals surface area contributed by atoms with Crippen LogP contribution in [0.4, 0.5) is 13.2 Å². The largest absolute Gasteiger partial charge is 0.471 e. The summed E-state index contributed by atoms with van der Waals surface area (Å²) in [7, 11) is 0. The molecule has 26 heavy (non-hydrogen) atoms. The van der Waals surface area contributed by atoms with E-state index in [2.05, 4.69) is 10.2 Å². The average Bonchev–Trinajstić information content (AvgIpc) is 3.05. The van der Waals surface area contributed by atoms with Gasteiger partial charge in [-0.1, -0.05) is 30.3 Å². The molecular weight excluding hydrogens is 351 g/mol. The molecule has 0 saturated heterocycles. The maximum absolute atomic E-state index is 12.5. The van der Waals surface area contributed by atoms with Crippen molar-refractivity contribution in [2.45, 2.75) is 37.5 Å². The molecule has 1 heterocycles. The first-order valence-electron chi connectivity index (χ1n) is 7.88. The summed E-state index contributed by atoms with van der Waals surface area (Å²) in [6, 6.07) is 8.18. The Bertz CT molecular complexity index is 731. The maximum atomic E-state index is 12.5. The van der Waals surface area contributed by atoms with Gasteiger partial charge < -0.3 is 21.2 Å². The zero-order chi connectivity index (χ0) is 19.4. The van der Waals surface area contributed by atoms with E-state index in [9.17, 15) is 18.0 Å². The van der Waals surface area contributed by atoms with Gasteiger partial charge >= 0.3 is 12.1 Å². The highest BCUT2D eigenvalue weighted by atomic mass is 19.4. The Balaban J connectivity index is 2.18. The molecule has 5 N–H and O–H groups in total. The van der Waals surface area contributed by atoms with Crippen molar-refractivity contribution in [2.24, 2.45) is 11.5 Å². The number of carbonyl (C=O) groups excluding carboxylic acids is 1. The third-order valence-corrected chi connectivity index (χ3v) is 3.66. The number of amides is 1. The summed E-state index contributed by atoms with van der Waals surface area (Å²) in [6.45, 7) is 1.69. The predicted molar refractivity (Wildman–Crippen MR) is 86.6 cm³/mol. The lowest BCUT2D eigenvalue weighted by Gasteiger charge is -2.20. The first kappa shape index (κ1) is 19.9. The quantitative estimate of drug-likeness (QED) is 0.679. The van der Waals surface area contributed by atoms with E-state index < -0.39 is 23.7 Å².